The van der Waals surface area contributed by atoms with Crippen LogP contribution in [0.5, 0.6) is 0 Å². The van der Waals surface area contributed by atoms with Gasteiger partial charge in [0.1, 0.15) is 11.5 Å². The molecule has 0 aliphatic carbocycles. The fraction of sp³-hybridized carbons (Fsp3) is 0.350. The van der Waals surface area contributed by atoms with E-state index >= 15 is 0 Å². The van der Waals surface area contributed by atoms with E-state index in [1.165, 1.54) is 16.6 Å². The summed E-state index contributed by atoms with van der Waals surface area (Å²) in [4.78, 5) is 4.79. The normalized spacial score (nSPS) is 12.7. The van der Waals surface area contributed by atoms with Crippen molar-refractivity contribution in [3.05, 3.63) is 65.2 Å². The second kappa shape index (κ2) is 6.35. The van der Waals surface area contributed by atoms with Gasteiger partial charge in [0, 0.05) is 17.0 Å². The van der Waals surface area contributed by atoms with Crippen molar-refractivity contribution in [1.82, 2.24) is 4.98 Å². The number of aromatic nitrogens is 1. The quantitative estimate of drug-likeness (QED) is 0.614. The number of hydrogen-bond donors (Lipinski definition) is 0. The van der Waals surface area contributed by atoms with Crippen molar-refractivity contribution in [1.29, 1.82) is 0 Å². The van der Waals surface area contributed by atoms with Crippen LogP contribution in [-0.4, -0.2) is 4.98 Å². The third kappa shape index (κ3) is 3.22. The molecule has 0 bridgehead atoms. The van der Waals surface area contributed by atoms with Crippen molar-refractivity contribution in [2.45, 2.75) is 46.0 Å². The van der Waals surface area contributed by atoms with Crippen LogP contribution in [0.1, 0.15) is 48.5 Å². The van der Waals surface area contributed by atoms with Crippen LogP contribution in [0.25, 0.3) is 10.9 Å². The van der Waals surface area contributed by atoms with Crippen LogP contribution in [0.4, 0.5) is 0 Å². The molecule has 114 valence electrons. The minimum absolute atomic E-state index is 0.468. The van der Waals surface area contributed by atoms with E-state index in [0.29, 0.717) is 5.92 Å². The summed E-state index contributed by atoms with van der Waals surface area (Å²) in [6, 6.07) is 14.7. The molecule has 0 aliphatic heterocycles. The van der Waals surface area contributed by atoms with Crippen molar-refractivity contribution in [2.75, 3.05) is 0 Å². The van der Waals surface area contributed by atoms with E-state index in [9.17, 15) is 0 Å². The molecule has 3 rings (SSSR count). The third-order valence-electron chi connectivity index (χ3n) is 4.29. The summed E-state index contributed by atoms with van der Waals surface area (Å²) in [5.74, 6) is 2.56. The lowest BCUT2D eigenvalue weighted by Gasteiger charge is -2.09. The first-order chi connectivity index (χ1) is 10.6. The van der Waals surface area contributed by atoms with E-state index < -0.39 is 0 Å². The molecule has 2 heterocycles. The van der Waals surface area contributed by atoms with Gasteiger partial charge in [0.2, 0.25) is 0 Å². The lowest BCUT2D eigenvalue weighted by atomic mass is 10.00. The zero-order chi connectivity index (χ0) is 15.5. The first-order valence-electron chi connectivity index (χ1n) is 8.05. The molecule has 2 aromatic heterocycles. The average molecular weight is 293 g/mol. The smallest absolute Gasteiger partial charge is 0.106 e. The minimum Gasteiger partial charge on any atom is -0.466 e. The Labute approximate surface area is 132 Å². The minimum atomic E-state index is 0.468. The molecule has 1 aromatic carbocycles. The second-order valence-electron chi connectivity index (χ2n) is 6.19. The highest BCUT2D eigenvalue weighted by molar-refractivity contribution is 5.81. The molecule has 0 spiro atoms. The molecule has 3 aromatic rings. The number of nitrogens with zero attached hydrogens (tertiary/aromatic N) is 1. The number of rotatable bonds is 5. The highest BCUT2D eigenvalue weighted by Gasteiger charge is 2.10. The Hall–Kier alpha value is -2.09. The maximum Gasteiger partial charge on any atom is 0.106 e. The van der Waals surface area contributed by atoms with Crippen molar-refractivity contribution < 1.29 is 4.42 Å². The van der Waals surface area contributed by atoms with Crippen LogP contribution in [0, 0.1) is 13.8 Å². The molecule has 0 N–H and O–H groups in total. The topological polar surface area (TPSA) is 26.0 Å². The first-order valence-corrected chi connectivity index (χ1v) is 8.05. The highest BCUT2D eigenvalue weighted by atomic mass is 16.3. The summed E-state index contributed by atoms with van der Waals surface area (Å²) in [6.45, 7) is 6.40. The molecular formula is C20H23NO. The number of hydrogen-bond acceptors (Lipinski definition) is 2. The van der Waals surface area contributed by atoms with Gasteiger partial charge in [0.25, 0.3) is 0 Å². The molecule has 0 unspecified atom stereocenters. The van der Waals surface area contributed by atoms with Gasteiger partial charge in [-0.2, -0.15) is 0 Å². The fourth-order valence-electron chi connectivity index (χ4n) is 3.00. The van der Waals surface area contributed by atoms with Crippen LogP contribution < -0.4 is 0 Å². The van der Waals surface area contributed by atoms with Crippen molar-refractivity contribution in [3.8, 4) is 0 Å². The predicted octanol–water partition coefficient (Wildman–Crippen LogP) is 5.57. The van der Waals surface area contributed by atoms with E-state index in [-0.39, 0.29) is 0 Å². The summed E-state index contributed by atoms with van der Waals surface area (Å²) >= 11 is 0. The van der Waals surface area contributed by atoms with E-state index in [1.54, 1.807) is 0 Å². The van der Waals surface area contributed by atoms with Crippen LogP contribution in [0.3, 0.4) is 0 Å². The number of pyridine rings is 1. The summed E-state index contributed by atoms with van der Waals surface area (Å²) < 4.78 is 5.71. The lowest BCUT2D eigenvalue weighted by Crippen LogP contribution is -1.97. The Morgan fingerprint density at radius 1 is 1.09 bits per heavy atom. The summed E-state index contributed by atoms with van der Waals surface area (Å²) in [5.41, 5.74) is 3.61. The predicted molar refractivity (Wildman–Crippen MR) is 91.3 cm³/mol. The van der Waals surface area contributed by atoms with Gasteiger partial charge in [0.15, 0.2) is 0 Å². The SMILES string of the molecule is Cc1ccc([C@@H](C)CCCc2cc(C)c3ccccc3n2)o1. The number of fused-ring (bicyclic) bond motifs is 1. The van der Waals surface area contributed by atoms with E-state index in [0.717, 1.165) is 36.3 Å². The monoisotopic (exact) mass is 293 g/mol. The molecule has 0 radical (unpaired) electrons. The molecule has 0 saturated carbocycles. The van der Waals surface area contributed by atoms with E-state index in [1.807, 2.05) is 13.0 Å². The molecule has 2 nitrogen and oxygen atoms in total. The number of para-hydroxylation sites is 1. The van der Waals surface area contributed by atoms with Crippen LogP contribution >= 0.6 is 0 Å². The van der Waals surface area contributed by atoms with Gasteiger partial charge in [-0.3, -0.25) is 4.98 Å². The third-order valence-corrected chi connectivity index (χ3v) is 4.29. The lowest BCUT2D eigenvalue weighted by molar-refractivity contribution is 0.437. The van der Waals surface area contributed by atoms with Gasteiger partial charge in [-0.1, -0.05) is 25.1 Å². The molecule has 0 saturated heterocycles. The van der Waals surface area contributed by atoms with Gasteiger partial charge < -0.3 is 4.42 Å². The molecule has 0 fully saturated rings. The molecule has 0 amide bonds. The average Bonchev–Trinajstić information content (AvgIpc) is 2.94. The fourth-order valence-corrected chi connectivity index (χ4v) is 3.00. The summed E-state index contributed by atoms with van der Waals surface area (Å²) in [7, 11) is 0. The molecule has 22 heavy (non-hydrogen) atoms. The van der Waals surface area contributed by atoms with E-state index in [2.05, 4.69) is 50.2 Å². The van der Waals surface area contributed by atoms with Gasteiger partial charge in [-0.05, 0) is 62.9 Å². The Balaban J connectivity index is 1.64. The zero-order valence-electron chi connectivity index (χ0n) is 13.6. The summed E-state index contributed by atoms with van der Waals surface area (Å²) in [5, 5.41) is 1.26. The Bertz CT molecular complexity index is 772. The number of benzene rings is 1. The van der Waals surface area contributed by atoms with Gasteiger partial charge >= 0.3 is 0 Å². The van der Waals surface area contributed by atoms with Gasteiger partial charge in [-0.25, -0.2) is 0 Å². The summed E-state index contributed by atoms with van der Waals surface area (Å²) in [6.07, 6.45) is 3.28. The molecular weight excluding hydrogens is 270 g/mol. The number of aryl methyl sites for hydroxylation is 3. The van der Waals surface area contributed by atoms with Crippen LogP contribution in [0.2, 0.25) is 0 Å². The number of furan rings is 1. The molecule has 1 atom stereocenters. The van der Waals surface area contributed by atoms with Gasteiger partial charge in [0.05, 0.1) is 5.52 Å². The van der Waals surface area contributed by atoms with Crippen molar-refractivity contribution >= 4 is 10.9 Å². The van der Waals surface area contributed by atoms with Crippen molar-refractivity contribution in [3.63, 3.8) is 0 Å². The van der Waals surface area contributed by atoms with Gasteiger partial charge in [-0.15, -0.1) is 0 Å². The Kier molecular flexibility index (Phi) is 4.28. The molecule has 2 heteroatoms. The standard InChI is InChI=1S/C20H23NO/c1-14(20-12-11-16(3)22-20)7-6-8-17-13-15(2)18-9-4-5-10-19(18)21-17/h4-5,9-14H,6-8H2,1-3H3/t14-/m0/s1. The largest absolute Gasteiger partial charge is 0.466 e. The van der Waals surface area contributed by atoms with Crippen LogP contribution in [0.15, 0.2) is 46.9 Å². The first kappa shape index (κ1) is 14.8. The highest BCUT2D eigenvalue weighted by Crippen LogP contribution is 2.24. The zero-order valence-corrected chi connectivity index (χ0v) is 13.6. The maximum atomic E-state index is 5.71. The van der Waals surface area contributed by atoms with Crippen molar-refractivity contribution in [2.24, 2.45) is 0 Å². The Morgan fingerprint density at radius 2 is 1.91 bits per heavy atom. The Morgan fingerprint density at radius 3 is 2.68 bits per heavy atom. The second-order valence-corrected chi connectivity index (χ2v) is 6.19. The van der Waals surface area contributed by atoms with Crippen LogP contribution in [-0.2, 0) is 6.42 Å². The van der Waals surface area contributed by atoms with E-state index in [4.69, 9.17) is 9.40 Å². The molecule has 0 aliphatic rings. The maximum absolute atomic E-state index is 5.71.